The Labute approximate surface area is 102 Å². The van der Waals surface area contributed by atoms with Crippen LogP contribution in [0.25, 0.3) is 0 Å². The SMILES string of the molecule is CCC(CC)CNC(=O)c1ccc(C)cc1F. The predicted octanol–water partition coefficient (Wildman–Crippen LogP) is 3.30. The molecule has 0 radical (unpaired) electrons. The fourth-order valence-electron chi connectivity index (χ4n) is 1.71. The van der Waals surface area contributed by atoms with Gasteiger partial charge in [0.15, 0.2) is 0 Å². The van der Waals surface area contributed by atoms with Gasteiger partial charge in [-0.3, -0.25) is 4.79 Å². The summed E-state index contributed by atoms with van der Waals surface area (Å²) in [5.41, 5.74) is 0.945. The van der Waals surface area contributed by atoms with Crippen molar-refractivity contribution >= 4 is 5.91 Å². The van der Waals surface area contributed by atoms with Crippen molar-refractivity contribution in [2.75, 3.05) is 6.54 Å². The second-order valence-electron chi connectivity index (χ2n) is 4.38. The zero-order chi connectivity index (χ0) is 12.8. The van der Waals surface area contributed by atoms with Crippen LogP contribution in [0.2, 0.25) is 0 Å². The zero-order valence-electron chi connectivity index (χ0n) is 10.7. The molecule has 0 bridgehead atoms. The molecule has 1 amide bonds. The summed E-state index contributed by atoms with van der Waals surface area (Å²) in [6.45, 7) is 6.59. The molecule has 0 saturated heterocycles. The number of halogens is 1. The van der Waals surface area contributed by atoms with Crippen molar-refractivity contribution in [2.24, 2.45) is 5.92 Å². The normalized spacial score (nSPS) is 10.6. The minimum atomic E-state index is -0.452. The lowest BCUT2D eigenvalue weighted by Crippen LogP contribution is -2.29. The molecule has 0 aromatic heterocycles. The molecule has 0 unspecified atom stereocenters. The summed E-state index contributed by atoms with van der Waals surface area (Å²) in [4.78, 5) is 11.8. The van der Waals surface area contributed by atoms with E-state index in [1.807, 2.05) is 0 Å². The van der Waals surface area contributed by atoms with E-state index in [0.717, 1.165) is 18.4 Å². The van der Waals surface area contributed by atoms with E-state index in [9.17, 15) is 9.18 Å². The van der Waals surface area contributed by atoms with E-state index < -0.39 is 5.82 Å². The molecule has 0 aliphatic rings. The molecule has 1 rings (SSSR count). The lowest BCUT2D eigenvalue weighted by molar-refractivity contribution is 0.0942. The van der Waals surface area contributed by atoms with Gasteiger partial charge >= 0.3 is 0 Å². The Balaban J connectivity index is 2.64. The van der Waals surface area contributed by atoms with E-state index in [-0.39, 0.29) is 11.5 Å². The van der Waals surface area contributed by atoms with Crippen LogP contribution in [-0.4, -0.2) is 12.5 Å². The highest BCUT2D eigenvalue weighted by Crippen LogP contribution is 2.10. The molecule has 0 heterocycles. The van der Waals surface area contributed by atoms with Gasteiger partial charge in [-0.25, -0.2) is 4.39 Å². The number of benzene rings is 1. The Kier molecular flexibility index (Phi) is 5.13. The van der Waals surface area contributed by atoms with E-state index in [1.165, 1.54) is 12.1 Å². The summed E-state index contributed by atoms with van der Waals surface area (Å²) >= 11 is 0. The van der Waals surface area contributed by atoms with Gasteiger partial charge in [0.2, 0.25) is 0 Å². The molecule has 1 aromatic carbocycles. The van der Waals surface area contributed by atoms with Crippen LogP contribution in [0.5, 0.6) is 0 Å². The first-order valence-electron chi connectivity index (χ1n) is 6.12. The molecule has 0 fully saturated rings. The van der Waals surface area contributed by atoms with Crippen LogP contribution in [0.4, 0.5) is 4.39 Å². The van der Waals surface area contributed by atoms with Gasteiger partial charge in [-0.2, -0.15) is 0 Å². The first-order valence-corrected chi connectivity index (χ1v) is 6.12. The molecule has 0 atom stereocenters. The van der Waals surface area contributed by atoms with Crippen LogP contribution in [0.1, 0.15) is 42.6 Å². The fourth-order valence-corrected chi connectivity index (χ4v) is 1.71. The Bertz CT molecular complexity index is 386. The van der Waals surface area contributed by atoms with E-state index in [1.54, 1.807) is 13.0 Å². The third-order valence-electron chi connectivity index (χ3n) is 3.08. The molecular weight excluding hydrogens is 217 g/mol. The first-order chi connectivity index (χ1) is 8.08. The van der Waals surface area contributed by atoms with Crippen molar-refractivity contribution in [3.05, 3.63) is 35.1 Å². The third-order valence-corrected chi connectivity index (χ3v) is 3.08. The average Bonchev–Trinajstić information content (AvgIpc) is 2.30. The molecule has 17 heavy (non-hydrogen) atoms. The van der Waals surface area contributed by atoms with Gasteiger partial charge < -0.3 is 5.32 Å². The molecular formula is C14H20FNO. The standard InChI is InChI=1S/C14H20FNO/c1-4-11(5-2)9-16-14(17)12-7-6-10(3)8-13(12)15/h6-8,11H,4-5,9H2,1-3H3,(H,16,17). The van der Waals surface area contributed by atoms with E-state index in [0.29, 0.717) is 12.5 Å². The minimum Gasteiger partial charge on any atom is -0.352 e. The monoisotopic (exact) mass is 237 g/mol. The van der Waals surface area contributed by atoms with Gasteiger partial charge in [0.1, 0.15) is 5.82 Å². The smallest absolute Gasteiger partial charge is 0.254 e. The van der Waals surface area contributed by atoms with Crippen molar-refractivity contribution in [2.45, 2.75) is 33.6 Å². The Morgan fingerprint density at radius 3 is 2.53 bits per heavy atom. The molecule has 1 N–H and O–H groups in total. The molecule has 0 spiro atoms. The van der Waals surface area contributed by atoms with Crippen LogP contribution in [0, 0.1) is 18.7 Å². The maximum atomic E-state index is 13.5. The molecule has 94 valence electrons. The molecule has 0 aliphatic heterocycles. The van der Waals surface area contributed by atoms with Gasteiger partial charge in [-0.1, -0.05) is 32.8 Å². The maximum Gasteiger partial charge on any atom is 0.254 e. The van der Waals surface area contributed by atoms with Gasteiger partial charge in [0.25, 0.3) is 5.91 Å². The number of carbonyl (C=O) groups excluding carboxylic acids is 1. The van der Waals surface area contributed by atoms with Crippen molar-refractivity contribution in [3.8, 4) is 0 Å². The van der Waals surface area contributed by atoms with Crippen LogP contribution in [-0.2, 0) is 0 Å². The van der Waals surface area contributed by atoms with Crippen molar-refractivity contribution in [1.82, 2.24) is 5.32 Å². The Hall–Kier alpha value is -1.38. The van der Waals surface area contributed by atoms with Crippen LogP contribution in [0.15, 0.2) is 18.2 Å². The molecule has 0 saturated carbocycles. The van der Waals surface area contributed by atoms with Crippen LogP contribution >= 0.6 is 0 Å². The Morgan fingerprint density at radius 2 is 2.00 bits per heavy atom. The number of aryl methyl sites for hydroxylation is 1. The molecule has 2 nitrogen and oxygen atoms in total. The fraction of sp³-hybridized carbons (Fsp3) is 0.500. The number of nitrogens with one attached hydrogen (secondary N) is 1. The van der Waals surface area contributed by atoms with Gasteiger partial charge in [-0.05, 0) is 30.5 Å². The topological polar surface area (TPSA) is 29.1 Å². The summed E-state index contributed by atoms with van der Waals surface area (Å²) in [7, 11) is 0. The third kappa shape index (κ3) is 3.84. The predicted molar refractivity (Wildman–Crippen MR) is 67.5 cm³/mol. The summed E-state index contributed by atoms with van der Waals surface area (Å²) in [6, 6.07) is 4.66. The maximum absolute atomic E-state index is 13.5. The molecule has 3 heteroatoms. The quantitative estimate of drug-likeness (QED) is 0.836. The number of rotatable bonds is 5. The van der Waals surface area contributed by atoms with Crippen LogP contribution in [0.3, 0.4) is 0 Å². The van der Waals surface area contributed by atoms with Crippen LogP contribution < -0.4 is 5.32 Å². The van der Waals surface area contributed by atoms with E-state index in [4.69, 9.17) is 0 Å². The Morgan fingerprint density at radius 1 is 1.35 bits per heavy atom. The summed E-state index contributed by atoms with van der Waals surface area (Å²) in [5.74, 6) is -0.311. The lowest BCUT2D eigenvalue weighted by atomic mass is 10.0. The zero-order valence-corrected chi connectivity index (χ0v) is 10.7. The highest BCUT2D eigenvalue weighted by molar-refractivity contribution is 5.94. The summed E-state index contributed by atoms with van der Waals surface area (Å²) in [5, 5.41) is 2.78. The summed E-state index contributed by atoms with van der Waals surface area (Å²) < 4.78 is 13.5. The molecule has 0 aliphatic carbocycles. The van der Waals surface area contributed by atoms with Crippen molar-refractivity contribution < 1.29 is 9.18 Å². The summed E-state index contributed by atoms with van der Waals surface area (Å²) in [6.07, 6.45) is 2.04. The minimum absolute atomic E-state index is 0.126. The molecule has 1 aromatic rings. The highest BCUT2D eigenvalue weighted by atomic mass is 19.1. The average molecular weight is 237 g/mol. The first kappa shape index (κ1) is 13.7. The van der Waals surface area contributed by atoms with Gasteiger partial charge in [0.05, 0.1) is 5.56 Å². The van der Waals surface area contributed by atoms with E-state index >= 15 is 0 Å². The van der Waals surface area contributed by atoms with Crippen molar-refractivity contribution in [3.63, 3.8) is 0 Å². The second kappa shape index (κ2) is 6.38. The lowest BCUT2D eigenvalue weighted by Gasteiger charge is -2.13. The number of amides is 1. The largest absolute Gasteiger partial charge is 0.352 e. The highest BCUT2D eigenvalue weighted by Gasteiger charge is 2.12. The number of carbonyl (C=O) groups is 1. The number of hydrogen-bond acceptors (Lipinski definition) is 1. The number of hydrogen-bond donors (Lipinski definition) is 1. The second-order valence-corrected chi connectivity index (χ2v) is 4.38. The van der Waals surface area contributed by atoms with Gasteiger partial charge in [-0.15, -0.1) is 0 Å². The van der Waals surface area contributed by atoms with Crippen molar-refractivity contribution in [1.29, 1.82) is 0 Å². The van der Waals surface area contributed by atoms with Gasteiger partial charge in [0, 0.05) is 6.54 Å². The van der Waals surface area contributed by atoms with E-state index in [2.05, 4.69) is 19.2 Å².